The highest BCUT2D eigenvalue weighted by Crippen LogP contribution is 2.24. The van der Waals surface area contributed by atoms with E-state index in [0.717, 1.165) is 15.1 Å². The predicted octanol–water partition coefficient (Wildman–Crippen LogP) is 4.32. The minimum atomic E-state index is 0.0492. The van der Waals surface area contributed by atoms with Crippen molar-refractivity contribution in [3.8, 4) is 0 Å². The Morgan fingerprint density at radius 3 is 2.60 bits per heavy atom. The molecule has 0 radical (unpaired) electrons. The fourth-order valence-electron chi connectivity index (χ4n) is 2.00. The van der Waals surface area contributed by atoms with Gasteiger partial charge in [-0.1, -0.05) is 55.4 Å². The fraction of sp³-hybridized carbons (Fsp3) is 0.467. The molecule has 0 unspecified atom stereocenters. The molecule has 0 aliphatic heterocycles. The second kappa shape index (κ2) is 6.31. The summed E-state index contributed by atoms with van der Waals surface area (Å²) in [5.41, 5.74) is 0.814. The zero-order chi connectivity index (χ0) is 14.9. The first-order valence-electron chi connectivity index (χ1n) is 6.75. The van der Waals surface area contributed by atoms with E-state index in [9.17, 15) is 4.79 Å². The summed E-state index contributed by atoms with van der Waals surface area (Å²) in [6.07, 6.45) is 0. The van der Waals surface area contributed by atoms with Crippen LogP contribution in [0.3, 0.4) is 0 Å². The highest BCUT2D eigenvalue weighted by molar-refractivity contribution is 9.10. The van der Waals surface area contributed by atoms with E-state index in [-0.39, 0.29) is 5.56 Å². The van der Waals surface area contributed by atoms with Gasteiger partial charge < -0.3 is 0 Å². The monoisotopic (exact) mass is 354 g/mol. The first kappa shape index (κ1) is 15.6. The van der Waals surface area contributed by atoms with E-state index in [1.165, 1.54) is 0 Å². The number of hydrogen-bond acceptors (Lipinski definition) is 3. The van der Waals surface area contributed by atoms with Crippen molar-refractivity contribution in [3.63, 3.8) is 0 Å². The highest BCUT2D eigenvalue weighted by Gasteiger charge is 2.14. The van der Waals surface area contributed by atoms with Gasteiger partial charge in [-0.3, -0.25) is 9.36 Å². The minimum absolute atomic E-state index is 0.0492. The summed E-state index contributed by atoms with van der Waals surface area (Å²) < 4.78 is 2.72. The van der Waals surface area contributed by atoms with Crippen molar-refractivity contribution in [3.05, 3.63) is 33.0 Å². The molecule has 0 N–H and O–H groups in total. The van der Waals surface area contributed by atoms with Crippen LogP contribution >= 0.6 is 27.7 Å². The maximum absolute atomic E-state index is 12.7. The van der Waals surface area contributed by atoms with Crippen molar-refractivity contribution in [1.82, 2.24) is 9.55 Å². The van der Waals surface area contributed by atoms with Gasteiger partial charge >= 0.3 is 0 Å². The number of rotatable bonds is 4. The lowest BCUT2D eigenvalue weighted by atomic mass is 10.2. The Kier molecular flexibility index (Phi) is 4.91. The number of nitrogens with zero attached hydrogens (tertiary/aromatic N) is 2. The van der Waals surface area contributed by atoms with Gasteiger partial charge in [-0.2, -0.15) is 0 Å². The summed E-state index contributed by atoms with van der Waals surface area (Å²) in [5, 5.41) is 1.88. The van der Waals surface area contributed by atoms with E-state index in [2.05, 4.69) is 48.6 Å². The van der Waals surface area contributed by atoms with Gasteiger partial charge in [-0.15, -0.1) is 0 Å². The topological polar surface area (TPSA) is 34.9 Å². The van der Waals surface area contributed by atoms with Crippen LogP contribution < -0.4 is 5.56 Å². The zero-order valence-electron chi connectivity index (χ0n) is 12.2. The maximum Gasteiger partial charge on any atom is 0.262 e. The van der Waals surface area contributed by atoms with Crippen LogP contribution in [0.4, 0.5) is 0 Å². The Hall–Kier alpha value is -0.810. The molecule has 0 spiro atoms. The van der Waals surface area contributed by atoms with Crippen LogP contribution in [-0.2, 0) is 6.54 Å². The van der Waals surface area contributed by atoms with Crippen LogP contribution in [0, 0.1) is 5.92 Å². The number of fused-ring (bicyclic) bond motifs is 1. The molecule has 0 aliphatic carbocycles. The van der Waals surface area contributed by atoms with Crippen LogP contribution in [0.25, 0.3) is 10.9 Å². The van der Waals surface area contributed by atoms with Crippen molar-refractivity contribution in [2.75, 3.05) is 0 Å². The number of halogens is 1. The quantitative estimate of drug-likeness (QED) is 0.605. The number of thioether (sulfide) groups is 1. The van der Waals surface area contributed by atoms with Crippen molar-refractivity contribution in [2.45, 2.75) is 44.6 Å². The van der Waals surface area contributed by atoms with Gasteiger partial charge in [0.1, 0.15) is 0 Å². The SMILES string of the molecule is CC(C)Cn1c(SC(C)C)nc2ccc(Br)cc2c1=O. The van der Waals surface area contributed by atoms with Crippen molar-refractivity contribution in [1.29, 1.82) is 0 Å². The highest BCUT2D eigenvalue weighted by atomic mass is 79.9. The Morgan fingerprint density at radius 1 is 1.30 bits per heavy atom. The lowest BCUT2D eigenvalue weighted by molar-refractivity contribution is 0.475. The third-order valence-electron chi connectivity index (χ3n) is 2.77. The van der Waals surface area contributed by atoms with Crippen molar-refractivity contribution >= 4 is 38.6 Å². The smallest absolute Gasteiger partial charge is 0.262 e. The number of aromatic nitrogens is 2. The van der Waals surface area contributed by atoms with Gasteiger partial charge in [0.05, 0.1) is 10.9 Å². The first-order valence-corrected chi connectivity index (χ1v) is 8.42. The number of benzene rings is 1. The molecule has 1 heterocycles. The molecule has 0 atom stereocenters. The van der Waals surface area contributed by atoms with E-state index < -0.39 is 0 Å². The van der Waals surface area contributed by atoms with Crippen LogP contribution in [0.2, 0.25) is 0 Å². The van der Waals surface area contributed by atoms with Crippen LogP contribution in [0.15, 0.2) is 32.6 Å². The predicted molar refractivity (Wildman–Crippen MR) is 89.5 cm³/mol. The number of hydrogen-bond donors (Lipinski definition) is 0. The zero-order valence-corrected chi connectivity index (χ0v) is 14.6. The lowest BCUT2D eigenvalue weighted by Gasteiger charge is -2.16. The largest absolute Gasteiger partial charge is 0.287 e. The van der Waals surface area contributed by atoms with Crippen molar-refractivity contribution < 1.29 is 0 Å². The normalized spacial score (nSPS) is 11.8. The molecule has 0 saturated carbocycles. The average molecular weight is 355 g/mol. The summed E-state index contributed by atoms with van der Waals surface area (Å²) in [6, 6.07) is 5.67. The molecule has 3 nitrogen and oxygen atoms in total. The Bertz CT molecular complexity index is 679. The molecule has 0 bridgehead atoms. The molecular formula is C15H19BrN2OS. The second-order valence-corrected chi connectivity index (χ2v) is 7.99. The third-order valence-corrected chi connectivity index (χ3v) is 4.26. The van der Waals surface area contributed by atoms with Crippen LogP contribution in [-0.4, -0.2) is 14.8 Å². The molecule has 2 aromatic rings. The molecule has 0 aliphatic rings. The summed E-state index contributed by atoms with van der Waals surface area (Å²) >= 11 is 5.06. The van der Waals surface area contributed by atoms with Gasteiger partial charge in [0, 0.05) is 16.3 Å². The first-order chi connectivity index (χ1) is 9.38. The van der Waals surface area contributed by atoms with Crippen molar-refractivity contribution in [2.24, 2.45) is 5.92 Å². The minimum Gasteiger partial charge on any atom is -0.287 e. The standard InChI is InChI=1S/C15H19BrN2OS/c1-9(2)8-18-14(19)12-7-11(16)5-6-13(12)17-15(18)20-10(3)4/h5-7,9-10H,8H2,1-4H3. The molecule has 0 amide bonds. The van der Waals surface area contributed by atoms with E-state index in [1.54, 1.807) is 11.8 Å². The summed E-state index contributed by atoms with van der Waals surface area (Å²) in [4.78, 5) is 17.4. The molecular weight excluding hydrogens is 336 g/mol. The molecule has 0 saturated heterocycles. The fourth-order valence-corrected chi connectivity index (χ4v) is 3.22. The van der Waals surface area contributed by atoms with Gasteiger partial charge in [0.2, 0.25) is 0 Å². The molecule has 20 heavy (non-hydrogen) atoms. The summed E-state index contributed by atoms with van der Waals surface area (Å²) in [7, 11) is 0. The molecule has 108 valence electrons. The van der Waals surface area contributed by atoms with Gasteiger partial charge in [0.15, 0.2) is 5.16 Å². The molecule has 1 aromatic carbocycles. The van der Waals surface area contributed by atoms with E-state index >= 15 is 0 Å². The average Bonchev–Trinajstić information content (AvgIpc) is 2.34. The summed E-state index contributed by atoms with van der Waals surface area (Å²) in [5.74, 6) is 0.408. The lowest BCUT2D eigenvalue weighted by Crippen LogP contribution is -2.25. The van der Waals surface area contributed by atoms with Crippen LogP contribution in [0.5, 0.6) is 0 Å². The molecule has 1 aromatic heterocycles. The maximum atomic E-state index is 12.7. The Labute approximate surface area is 131 Å². The van der Waals surface area contributed by atoms with E-state index in [0.29, 0.717) is 23.1 Å². The van der Waals surface area contributed by atoms with Crippen LogP contribution in [0.1, 0.15) is 27.7 Å². The Morgan fingerprint density at radius 2 is 2.00 bits per heavy atom. The van der Waals surface area contributed by atoms with Gasteiger partial charge in [-0.05, 0) is 24.1 Å². The third kappa shape index (κ3) is 3.44. The van der Waals surface area contributed by atoms with E-state index in [4.69, 9.17) is 0 Å². The Balaban J connectivity index is 2.69. The van der Waals surface area contributed by atoms with E-state index in [1.807, 2.05) is 22.8 Å². The van der Waals surface area contributed by atoms with Gasteiger partial charge in [-0.25, -0.2) is 4.98 Å². The second-order valence-electron chi connectivity index (χ2n) is 5.53. The summed E-state index contributed by atoms with van der Waals surface area (Å²) in [6.45, 7) is 9.15. The molecule has 2 rings (SSSR count). The molecule has 5 heteroatoms. The van der Waals surface area contributed by atoms with Gasteiger partial charge in [0.25, 0.3) is 5.56 Å². The molecule has 0 fully saturated rings.